The zero-order valence-electron chi connectivity index (χ0n) is 10.3. The van der Waals surface area contributed by atoms with Crippen molar-refractivity contribution in [1.82, 2.24) is 5.32 Å². The molecule has 5 heteroatoms. The average molecular weight is 255 g/mol. The molecule has 1 aliphatic carbocycles. The summed E-state index contributed by atoms with van der Waals surface area (Å²) in [4.78, 5) is 25.6. The molecule has 2 fully saturated rings. The van der Waals surface area contributed by atoms with Crippen molar-refractivity contribution in [2.24, 2.45) is 5.92 Å². The molecule has 19 heavy (non-hydrogen) atoms. The molecule has 2 aliphatic rings. The number of urea groups is 1. The van der Waals surface area contributed by atoms with E-state index in [4.69, 9.17) is 5.26 Å². The Kier molecular flexibility index (Phi) is 2.71. The van der Waals surface area contributed by atoms with Crippen LogP contribution in [0.25, 0.3) is 0 Å². The van der Waals surface area contributed by atoms with E-state index < -0.39 is 0 Å². The molecule has 0 aromatic heterocycles. The van der Waals surface area contributed by atoms with Gasteiger partial charge in [0, 0.05) is 6.04 Å². The molecule has 1 aromatic carbocycles. The van der Waals surface area contributed by atoms with E-state index in [0.29, 0.717) is 11.3 Å². The Balaban J connectivity index is 1.92. The summed E-state index contributed by atoms with van der Waals surface area (Å²) < 4.78 is 0. The van der Waals surface area contributed by atoms with E-state index in [1.54, 1.807) is 24.3 Å². The Morgan fingerprint density at radius 1 is 1.21 bits per heavy atom. The molecule has 96 valence electrons. The molecule has 3 rings (SSSR count). The SMILES string of the molecule is N#Cc1ccc(N2C(=O)NC3CCCC3C2=O)cc1. The number of nitriles is 1. The van der Waals surface area contributed by atoms with Gasteiger partial charge in [0.15, 0.2) is 0 Å². The molecular formula is C14H13N3O2. The van der Waals surface area contributed by atoms with Crippen LogP contribution in [0, 0.1) is 17.2 Å². The van der Waals surface area contributed by atoms with E-state index in [1.807, 2.05) is 6.07 Å². The molecule has 2 atom stereocenters. The summed E-state index contributed by atoms with van der Waals surface area (Å²) in [6.45, 7) is 0. The first-order valence-corrected chi connectivity index (χ1v) is 6.35. The minimum Gasteiger partial charge on any atom is -0.334 e. The first kappa shape index (κ1) is 11.7. The second-order valence-corrected chi connectivity index (χ2v) is 4.93. The summed E-state index contributed by atoms with van der Waals surface area (Å²) in [7, 11) is 0. The van der Waals surface area contributed by atoms with Crippen LogP contribution in [0.3, 0.4) is 0 Å². The first-order chi connectivity index (χ1) is 9.20. The quantitative estimate of drug-likeness (QED) is 0.831. The Morgan fingerprint density at radius 3 is 2.63 bits per heavy atom. The van der Waals surface area contributed by atoms with Gasteiger partial charge in [0.2, 0.25) is 5.91 Å². The Labute approximate surface area is 110 Å². The smallest absolute Gasteiger partial charge is 0.328 e. The van der Waals surface area contributed by atoms with Gasteiger partial charge in [-0.3, -0.25) is 4.79 Å². The lowest BCUT2D eigenvalue weighted by molar-refractivity contribution is -0.122. The highest BCUT2D eigenvalue weighted by Gasteiger charge is 2.43. The predicted molar refractivity (Wildman–Crippen MR) is 68.3 cm³/mol. The number of hydrogen-bond acceptors (Lipinski definition) is 3. The second-order valence-electron chi connectivity index (χ2n) is 4.93. The maximum Gasteiger partial charge on any atom is 0.328 e. The first-order valence-electron chi connectivity index (χ1n) is 6.35. The van der Waals surface area contributed by atoms with Crippen molar-refractivity contribution in [3.63, 3.8) is 0 Å². The van der Waals surface area contributed by atoms with Crippen LogP contribution in [-0.4, -0.2) is 18.0 Å². The molecule has 0 bridgehead atoms. The summed E-state index contributed by atoms with van der Waals surface area (Å²) in [5, 5.41) is 11.6. The van der Waals surface area contributed by atoms with Gasteiger partial charge < -0.3 is 5.32 Å². The Bertz CT molecular complexity index is 573. The normalized spacial score (nSPS) is 25.7. The summed E-state index contributed by atoms with van der Waals surface area (Å²) >= 11 is 0. The number of rotatable bonds is 1. The van der Waals surface area contributed by atoms with Gasteiger partial charge in [-0.15, -0.1) is 0 Å². The van der Waals surface area contributed by atoms with Gasteiger partial charge in [0.1, 0.15) is 0 Å². The molecule has 1 saturated carbocycles. The molecular weight excluding hydrogens is 242 g/mol. The molecule has 1 aromatic rings. The van der Waals surface area contributed by atoms with Crippen LogP contribution in [0.15, 0.2) is 24.3 Å². The fourth-order valence-corrected chi connectivity index (χ4v) is 2.85. The summed E-state index contributed by atoms with van der Waals surface area (Å²) in [5.74, 6) is -0.232. The highest BCUT2D eigenvalue weighted by molar-refractivity contribution is 6.17. The zero-order chi connectivity index (χ0) is 13.4. The number of anilines is 1. The molecule has 3 amide bonds. The molecule has 1 saturated heterocycles. The van der Waals surface area contributed by atoms with Crippen molar-refractivity contribution in [2.45, 2.75) is 25.3 Å². The van der Waals surface area contributed by atoms with Crippen LogP contribution in [-0.2, 0) is 4.79 Å². The number of fused-ring (bicyclic) bond motifs is 1. The van der Waals surface area contributed by atoms with Crippen LogP contribution in [0.1, 0.15) is 24.8 Å². The van der Waals surface area contributed by atoms with Crippen molar-refractivity contribution in [3.05, 3.63) is 29.8 Å². The third-order valence-corrected chi connectivity index (χ3v) is 3.82. The minimum absolute atomic E-state index is 0.00497. The zero-order valence-corrected chi connectivity index (χ0v) is 10.3. The fraction of sp³-hybridized carbons (Fsp3) is 0.357. The maximum atomic E-state index is 12.4. The number of nitrogens with zero attached hydrogens (tertiary/aromatic N) is 2. The highest BCUT2D eigenvalue weighted by atomic mass is 16.2. The summed E-state index contributed by atoms with van der Waals surface area (Å²) in [6.07, 6.45) is 2.68. The van der Waals surface area contributed by atoms with Gasteiger partial charge >= 0.3 is 6.03 Å². The van der Waals surface area contributed by atoms with Crippen molar-refractivity contribution < 1.29 is 9.59 Å². The van der Waals surface area contributed by atoms with Crippen molar-refractivity contribution in [2.75, 3.05) is 4.90 Å². The van der Waals surface area contributed by atoms with E-state index >= 15 is 0 Å². The topological polar surface area (TPSA) is 73.2 Å². The standard InChI is InChI=1S/C14H13N3O2/c15-8-9-4-6-10(7-5-9)17-13(18)11-2-1-3-12(11)16-14(17)19/h4-7,11-12H,1-3H2,(H,16,19). The number of imide groups is 1. The highest BCUT2D eigenvalue weighted by Crippen LogP contribution is 2.32. The molecule has 1 N–H and O–H groups in total. The number of nitrogens with one attached hydrogen (secondary N) is 1. The van der Waals surface area contributed by atoms with E-state index in [1.165, 1.54) is 4.90 Å². The summed E-state index contributed by atoms with van der Waals surface area (Å²) in [5.41, 5.74) is 1.03. The number of hydrogen-bond donors (Lipinski definition) is 1. The third kappa shape index (κ3) is 1.85. The van der Waals surface area contributed by atoms with E-state index in [0.717, 1.165) is 19.3 Å². The van der Waals surface area contributed by atoms with Crippen LogP contribution in [0.5, 0.6) is 0 Å². The number of amides is 3. The number of carbonyl (C=O) groups is 2. The van der Waals surface area contributed by atoms with E-state index in [-0.39, 0.29) is 23.9 Å². The van der Waals surface area contributed by atoms with Gasteiger partial charge in [-0.2, -0.15) is 5.26 Å². The lowest BCUT2D eigenvalue weighted by atomic mass is 9.99. The Hall–Kier alpha value is -2.35. The van der Waals surface area contributed by atoms with E-state index in [2.05, 4.69) is 5.32 Å². The molecule has 0 spiro atoms. The second kappa shape index (κ2) is 4.39. The molecule has 1 aliphatic heterocycles. The van der Waals surface area contributed by atoms with Crippen LogP contribution >= 0.6 is 0 Å². The average Bonchev–Trinajstić information content (AvgIpc) is 2.88. The van der Waals surface area contributed by atoms with Gasteiger partial charge in [0.25, 0.3) is 0 Å². The molecule has 1 heterocycles. The predicted octanol–water partition coefficient (Wildman–Crippen LogP) is 1.78. The lowest BCUT2D eigenvalue weighted by Gasteiger charge is -2.33. The van der Waals surface area contributed by atoms with Crippen molar-refractivity contribution in [3.8, 4) is 6.07 Å². The number of carbonyl (C=O) groups excluding carboxylic acids is 2. The minimum atomic E-state index is -0.363. The molecule has 0 radical (unpaired) electrons. The van der Waals surface area contributed by atoms with Gasteiger partial charge in [0.05, 0.1) is 23.2 Å². The maximum absolute atomic E-state index is 12.4. The Morgan fingerprint density at radius 2 is 1.95 bits per heavy atom. The molecule has 2 unspecified atom stereocenters. The van der Waals surface area contributed by atoms with Gasteiger partial charge in [-0.25, -0.2) is 9.69 Å². The van der Waals surface area contributed by atoms with Crippen molar-refractivity contribution >= 4 is 17.6 Å². The largest absolute Gasteiger partial charge is 0.334 e. The fourth-order valence-electron chi connectivity index (χ4n) is 2.85. The van der Waals surface area contributed by atoms with Gasteiger partial charge in [-0.1, -0.05) is 6.42 Å². The van der Waals surface area contributed by atoms with Crippen LogP contribution in [0.2, 0.25) is 0 Å². The van der Waals surface area contributed by atoms with Crippen LogP contribution < -0.4 is 10.2 Å². The van der Waals surface area contributed by atoms with E-state index in [9.17, 15) is 9.59 Å². The summed E-state index contributed by atoms with van der Waals surface area (Å²) in [6, 6.07) is 8.12. The third-order valence-electron chi connectivity index (χ3n) is 3.82. The molecule has 5 nitrogen and oxygen atoms in total. The lowest BCUT2D eigenvalue weighted by Crippen LogP contribution is -2.58. The number of benzene rings is 1. The van der Waals surface area contributed by atoms with Gasteiger partial charge in [-0.05, 0) is 37.1 Å². The van der Waals surface area contributed by atoms with Crippen molar-refractivity contribution in [1.29, 1.82) is 5.26 Å². The monoisotopic (exact) mass is 255 g/mol. The van der Waals surface area contributed by atoms with Crippen LogP contribution in [0.4, 0.5) is 10.5 Å².